The molecule has 28 heavy (non-hydrogen) atoms. The summed E-state index contributed by atoms with van der Waals surface area (Å²) in [6.45, 7) is 2.13. The second-order valence-corrected chi connectivity index (χ2v) is 6.66. The molecule has 6 heteroatoms. The van der Waals surface area contributed by atoms with Crippen molar-refractivity contribution in [2.75, 3.05) is 0 Å². The molecule has 4 rings (SSSR count). The summed E-state index contributed by atoms with van der Waals surface area (Å²) in [5, 5.41) is 14.8. The van der Waals surface area contributed by atoms with Gasteiger partial charge in [0, 0.05) is 28.2 Å². The van der Waals surface area contributed by atoms with Gasteiger partial charge in [-0.05, 0) is 24.6 Å². The van der Waals surface area contributed by atoms with Crippen molar-refractivity contribution in [2.45, 2.75) is 20.0 Å². The van der Waals surface area contributed by atoms with Crippen LogP contribution in [-0.4, -0.2) is 25.4 Å². The van der Waals surface area contributed by atoms with E-state index < -0.39 is 5.97 Å². The summed E-state index contributed by atoms with van der Waals surface area (Å²) in [5.74, 6) is -0.905. The van der Waals surface area contributed by atoms with E-state index in [4.69, 9.17) is 0 Å². The smallest absolute Gasteiger partial charge is 0.323 e. The number of carboxylic acid groups (broad SMARTS) is 1. The maximum absolute atomic E-state index is 12.3. The van der Waals surface area contributed by atoms with Crippen LogP contribution in [0.3, 0.4) is 0 Å². The molecule has 0 bridgehead atoms. The zero-order valence-electron chi connectivity index (χ0n) is 15.4. The van der Waals surface area contributed by atoms with Crippen LogP contribution >= 0.6 is 0 Å². The van der Waals surface area contributed by atoms with Gasteiger partial charge in [-0.3, -0.25) is 9.59 Å². The predicted molar refractivity (Wildman–Crippen MR) is 107 cm³/mol. The molecule has 0 fully saturated rings. The number of para-hydroxylation sites is 1. The van der Waals surface area contributed by atoms with Crippen molar-refractivity contribution in [1.82, 2.24) is 14.3 Å². The summed E-state index contributed by atoms with van der Waals surface area (Å²) in [6, 6.07) is 20.5. The van der Waals surface area contributed by atoms with Crippen LogP contribution < -0.4 is 5.56 Å². The molecule has 0 spiro atoms. The minimum absolute atomic E-state index is 0.129. The Morgan fingerprint density at radius 1 is 1.00 bits per heavy atom. The lowest BCUT2D eigenvalue weighted by Gasteiger charge is -2.08. The first-order valence-electron chi connectivity index (χ1n) is 8.96. The molecule has 4 aromatic rings. The highest BCUT2D eigenvalue weighted by Gasteiger charge is 2.18. The maximum atomic E-state index is 12.3. The van der Waals surface area contributed by atoms with Gasteiger partial charge in [0.2, 0.25) is 0 Å². The van der Waals surface area contributed by atoms with Crippen LogP contribution in [0.15, 0.2) is 71.5 Å². The Labute approximate surface area is 161 Å². The first-order chi connectivity index (χ1) is 13.5. The molecule has 0 aliphatic rings. The first kappa shape index (κ1) is 17.7. The highest BCUT2D eigenvalue weighted by Crippen LogP contribution is 2.33. The van der Waals surface area contributed by atoms with Gasteiger partial charge in [-0.2, -0.15) is 5.10 Å². The minimum atomic E-state index is -0.905. The van der Waals surface area contributed by atoms with Crippen LogP contribution in [0.2, 0.25) is 0 Å². The Morgan fingerprint density at radius 3 is 2.46 bits per heavy atom. The standard InChI is InChI=1S/C22H19N3O3/c1-15-22(17-9-5-6-10-19(17)24(15)14-21(27)28)18-11-12-20(26)25(23-18)13-16-7-3-2-4-8-16/h2-12H,13-14H2,1H3,(H,27,28). The van der Waals surface area contributed by atoms with Crippen LogP contribution in [0.5, 0.6) is 0 Å². The van der Waals surface area contributed by atoms with E-state index in [1.165, 1.54) is 10.7 Å². The normalized spacial score (nSPS) is 11.0. The average molecular weight is 373 g/mol. The highest BCUT2D eigenvalue weighted by atomic mass is 16.4. The number of benzene rings is 2. The molecule has 2 aromatic heterocycles. The third-order valence-corrected chi connectivity index (χ3v) is 4.82. The SMILES string of the molecule is Cc1c(-c2ccc(=O)n(Cc3ccccc3)n2)c2ccccc2n1CC(=O)O. The minimum Gasteiger partial charge on any atom is -0.480 e. The monoisotopic (exact) mass is 373 g/mol. The number of carbonyl (C=O) groups is 1. The molecule has 0 aliphatic carbocycles. The molecule has 6 nitrogen and oxygen atoms in total. The van der Waals surface area contributed by atoms with Crippen molar-refractivity contribution in [3.63, 3.8) is 0 Å². The van der Waals surface area contributed by atoms with Crippen molar-refractivity contribution in [3.8, 4) is 11.3 Å². The first-order valence-corrected chi connectivity index (χ1v) is 8.96. The van der Waals surface area contributed by atoms with Crippen molar-refractivity contribution < 1.29 is 9.90 Å². The van der Waals surface area contributed by atoms with Crippen molar-refractivity contribution in [1.29, 1.82) is 0 Å². The van der Waals surface area contributed by atoms with Gasteiger partial charge in [-0.25, -0.2) is 4.68 Å². The molecule has 0 atom stereocenters. The molecule has 0 aliphatic heterocycles. The van der Waals surface area contributed by atoms with Crippen molar-refractivity contribution >= 4 is 16.9 Å². The average Bonchev–Trinajstić information content (AvgIpc) is 2.96. The maximum Gasteiger partial charge on any atom is 0.323 e. The number of rotatable bonds is 5. The summed E-state index contributed by atoms with van der Waals surface area (Å²) in [4.78, 5) is 23.7. The zero-order valence-corrected chi connectivity index (χ0v) is 15.4. The van der Waals surface area contributed by atoms with E-state index in [1.807, 2.05) is 61.5 Å². The van der Waals surface area contributed by atoms with Gasteiger partial charge in [0.25, 0.3) is 5.56 Å². The second-order valence-electron chi connectivity index (χ2n) is 6.66. The van der Waals surface area contributed by atoms with Gasteiger partial charge in [0.05, 0.1) is 12.2 Å². The highest BCUT2D eigenvalue weighted by molar-refractivity contribution is 5.97. The van der Waals surface area contributed by atoms with E-state index in [-0.39, 0.29) is 12.1 Å². The van der Waals surface area contributed by atoms with E-state index >= 15 is 0 Å². The number of hydrogen-bond acceptors (Lipinski definition) is 3. The fraction of sp³-hybridized carbons (Fsp3) is 0.136. The van der Waals surface area contributed by atoms with Crippen LogP contribution in [0.1, 0.15) is 11.3 Å². The third kappa shape index (κ3) is 3.20. The zero-order chi connectivity index (χ0) is 19.7. The van der Waals surface area contributed by atoms with Gasteiger partial charge >= 0.3 is 5.97 Å². The Balaban J connectivity index is 1.87. The van der Waals surface area contributed by atoms with Crippen LogP contribution in [-0.2, 0) is 17.9 Å². The molecule has 0 saturated heterocycles. The number of aromatic nitrogens is 3. The van der Waals surface area contributed by atoms with Crippen LogP contribution in [0.25, 0.3) is 22.2 Å². The summed E-state index contributed by atoms with van der Waals surface area (Å²) < 4.78 is 3.20. The fourth-order valence-electron chi connectivity index (χ4n) is 3.55. The molecule has 0 amide bonds. The van der Waals surface area contributed by atoms with Gasteiger partial charge in [-0.15, -0.1) is 0 Å². The number of carboxylic acids is 1. The van der Waals surface area contributed by atoms with Crippen molar-refractivity contribution in [2.24, 2.45) is 0 Å². The molecule has 1 N–H and O–H groups in total. The van der Waals surface area contributed by atoms with Gasteiger partial charge in [0.1, 0.15) is 6.54 Å². The topological polar surface area (TPSA) is 77.1 Å². The number of hydrogen-bond donors (Lipinski definition) is 1. The van der Waals surface area contributed by atoms with Gasteiger partial charge < -0.3 is 9.67 Å². The molecule has 2 heterocycles. The summed E-state index contributed by atoms with van der Waals surface area (Å²) in [7, 11) is 0. The van der Waals surface area contributed by atoms with Gasteiger partial charge in [-0.1, -0.05) is 48.5 Å². The van der Waals surface area contributed by atoms with E-state index in [9.17, 15) is 14.7 Å². The Kier molecular flexibility index (Phi) is 4.53. The van der Waals surface area contributed by atoms with Crippen molar-refractivity contribution in [3.05, 3.63) is 88.3 Å². The molecular weight excluding hydrogens is 354 g/mol. The molecule has 0 unspecified atom stereocenters. The van der Waals surface area contributed by atoms with Crippen LogP contribution in [0.4, 0.5) is 0 Å². The lowest BCUT2D eigenvalue weighted by molar-refractivity contribution is -0.137. The number of fused-ring (bicyclic) bond motifs is 1. The molecular formula is C22H19N3O3. The summed E-state index contributed by atoms with van der Waals surface area (Å²) in [6.07, 6.45) is 0. The summed E-state index contributed by atoms with van der Waals surface area (Å²) >= 11 is 0. The molecule has 0 saturated carbocycles. The second kappa shape index (κ2) is 7.15. The van der Waals surface area contributed by atoms with E-state index in [2.05, 4.69) is 5.10 Å². The summed E-state index contributed by atoms with van der Waals surface area (Å²) in [5.41, 5.74) is 3.94. The third-order valence-electron chi connectivity index (χ3n) is 4.82. The quantitative estimate of drug-likeness (QED) is 0.582. The molecule has 2 aromatic carbocycles. The molecule has 140 valence electrons. The Morgan fingerprint density at radius 2 is 1.71 bits per heavy atom. The predicted octanol–water partition coefficient (Wildman–Crippen LogP) is 3.31. The lowest BCUT2D eigenvalue weighted by Crippen LogP contribution is -2.22. The molecule has 0 radical (unpaired) electrons. The van der Waals surface area contributed by atoms with E-state index in [0.29, 0.717) is 12.2 Å². The largest absolute Gasteiger partial charge is 0.480 e. The Bertz CT molecular complexity index is 1220. The fourth-order valence-corrected chi connectivity index (χ4v) is 3.55. The van der Waals surface area contributed by atoms with E-state index in [1.54, 1.807) is 10.6 Å². The Hall–Kier alpha value is -3.67. The van der Waals surface area contributed by atoms with Crippen LogP contribution in [0, 0.1) is 6.92 Å². The van der Waals surface area contributed by atoms with E-state index in [0.717, 1.165) is 27.7 Å². The number of aliphatic carboxylic acids is 1. The lowest BCUT2D eigenvalue weighted by atomic mass is 10.1. The number of nitrogens with zero attached hydrogens (tertiary/aromatic N) is 3. The van der Waals surface area contributed by atoms with Gasteiger partial charge in [0.15, 0.2) is 0 Å².